The Morgan fingerprint density at radius 2 is 2.10 bits per heavy atom. The Balaban J connectivity index is 2.14. The number of rotatable bonds is 5. The number of carboxylic acid groups (broad SMARTS) is 1. The molecule has 0 saturated carbocycles. The molecule has 0 aliphatic heterocycles. The van der Waals surface area contributed by atoms with Crippen LogP contribution in [-0.2, 0) is 4.79 Å². The van der Waals surface area contributed by atoms with Crippen molar-refractivity contribution in [3.05, 3.63) is 35.0 Å². The third-order valence-corrected chi connectivity index (χ3v) is 4.75. The highest BCUT2D eigenvalue weighted by molar-refractivity contribution is 7.20. The number of carbonyl (C=O) groups excluding carboxylic acids is 1. The molecule has 1 amide bonds. The average Bonchev–Trinajstić information content (AvgIpc) is 2.87. The van der Waals surface area contributed by atoms with E-state index in [4.69, 9.17) is 0 Å². The topological polar surface area (TPSA) is 66.4 Å². The van der Waals surface area contributed by atoms with Gasteiger partial charge in [0.25, 0.3) is 5.91 Å². The number of hydrogen-bond acceptors (Lipinski definition) is 3. The van der Waals surface area contributed by atoms with Crippen LogP contribution in [0.25, 0.3) is 10.1 Å². The SMILES string of the molecule is CCC(C)(CNC(=O)c1cc2cc(F)ccc2s1)C(=O)O. The lowest BCUT2D eigenvalue weighted by Gasteiger charge is -2.22. The van der Waals surface area contributed by atoms with Crippen LogP contribution in [0.15, 0.2) is 24.3 Å². The third kappa shape index (κ3) is 3.21. The van der Waals surface area contributed by atoms with Crippen LogP contribution in [0.5, 0.6) is 0 Å². The summed E-state index contributed by atoms with van der Waals surface area (Å²) in [4.78, 5) is 23.7. The molecule has 1 atom stereocenters. The van der Waals surface area contributed by atoms with Crippen molar-refractivity contribution in [2.24, 2.45) is 5.41 Å². The van der Waals surface area contributed by atoms with Crippen molar-refractivity contribution >= 4 is 33.3 Å². The second kappa shape index (κ2) is 5.81. The van der Waals surface area contributed by atoms with Gasteiger partial charge in [0.15, 0.2) is 0 Å². The number of carbonyl (C=O) groups is 2. The van der Waals surface area contributed by atoms with E-state index in [0.29, 0.717) is 16.7 Å². The Kier molecular flexibility index (Phi) is 4.27. The molecule has 0 aliphatic carbocycles. The fourth-order valence-corrected chi connectivity index (χ4v) is 2.80. The number of benzene rings is 1. The molecule has 2 rings (SSSR count). The first kappa shape index (κ1) is 15.4. The molecule has 2 N–H and O–H groups in total. The molecule has 0 aliphatic rings. The Morgan fingerprint density at radius 1 is 1.38 bits per heavy atom. The average molecular weight is 309 g/mol. The van der Waals surface area contributed by atoms with Gasteiger partial charge in [0.1, 0.15) is 5.82 Å². The Hall–Kier alpha value is -1.95. The lowest BCUT2D eigenvalue weighted by atomic mass is 9.88. The normalized spacial score (nSPS) is 13.9. The van der Waals surface area contributed by atoms with Gasteiger partial charge in [-0.2, -0.15) is 0 Å². The first-order chi connectivity index (χ1) is 9.85. The van der Waals surface area contributed by atoms with Crippen LogP contribution in [-0.4, -0.2) is 23.5 Å². The van der Waals surface area contributed by atoms with Crippen molar-refractivity contribution in [3.8, 4) is 0 Å². The lowest BCUT2D eigenvalue weighted by molar-refractivity contribution is -0.147. The summed E-state index contributed by atoms with van der Waals surface area (Å²) in [5, 5.41) is 12.5. The minimum atomic E-state index is -0.988. The number of aliphatic carboxylic acids is 1. The second-order valence-electron chi connectivity index (χ2n) is 5.19. The zero-order valence-electron chi connectivity index (χ0n) is 11.8. The maximum atomic E-state index is 13.1. The van der Waals surface area contributed by atoms with Crippen LogP contribution in [0.2, 0.25) is 0 Å². The molecule has 1 aromatic carbocycles. The molecule has 0 bridgehead atoms. The summed E-state index contributed by atoms with van der Waals surface area (Å²) in [5.74, 6) is -1.63. The summed E-state index contributed by atoms with van der Waals surface area (Å²) in [5.41, 5.74) is -0.988. The van der Waals surface area contributed by atoms with Crippen LogP contribution in [0.4, 0.5) is 4.39 Å². The van der Waals surface area contributed by atoms with Gasteiger partial charge in [-0.25, -0.2) is 4.39 Å². The summed E-state index contributed by atoms with van der Waals surface area (Å²) in [6.07, 6.45) is 0.417. The summed E-state index contributed by atoms with van der Waals surface area (Å²) < 4.78 is 13.9. The largest absolute Gasteiger partial charge is 0.481 e. The van der Waals surface area contributed by atoms with Crippen molar-refractivity contribution < 1.29 is 19.1 Å². The number of hydrogen-bond donors (Lipinski definition) is 2. The molecule has 1 unspecified atom stereocenters. The van der Waals surface area contributed by atoms with Crippen molar-refractivity contribution in [1.29, 1.82) is 0 Å². The number of halogens is 1. The molecule has 112 valence electrons. The van der Waals surface area contributed by atoms with E-state index in [-0.39, 0.29) is 18.3 Å². The molecular weight excluding hydrogens is 293 g/mol. The summed E-state index contributed by atoms with van der Waals surface area (Å²) in [6.45, 7) is 3.42. The van der Waals surface area contributed by atoms with Gasteiger partial charge in [0.05, 0.1) is 10.3 Å². The highest BCUT2D eigenvalue weighted by atomic mass is 32.1. The minimum Gasteiger partial charge on any atom is -0.481 e. The molecule has 0 fully saturated rings. The Morgan fingerprint density at radius 3 is 2.71 bits per heavy atom. The van der Waals surface area contributed by atoms with Gasteiger partial charge in [0.2, 0.25) is 0 Å². The van der Waals surface area contributed by atoms with Gasteiger partial charge >= 0.3 is 5.97 Å². The monoisotopic (exact) mass is 309 g/mol. The quantitative estimate of drug-likeness (QED) is 0.891. The van der Waals surface area contributed by atoms with E-state index in [0.717, 1.165) is 4.70 Å². The first-order valence-corrected chi connectivity index (χ1v) is 7.38. The second-order valence-corrected chi connectivity index (χ2v) is 6.28. The highest BCUT2D eigenvalue weighted by Crippen LogP contribution is 2.26. The van der Waals surface area contributed by atoms with Crippen LogP contribution >= 0.6 is 11.3 Å². The van der Waals surface area contributed by atoms with E-state index in [2.05, 4.69) is 5.32 Å². The molecule has 6 heteroatoms. The number of nitrogens with one attached hydrogen (secondary N) is 1. The molecule has 0 saturated heterocycles. The predicted molar refractivity (Wildman–Crippen MR) is 80.2 cm³/mol. The van der Waals surface area contributed by atoms with Crippen molar-refractivity contribution in [1.82, 2.24) is 5.32 Å². The Bertz CT molecular complexity index is 697. The molecule has 2 aromatic rings. The van der Waals surface area contributed by atoms with E-state index in [1.807, 2.05) is 0 Å². The Labute approximate surface area is 125 Å². The van der Waals surface area contributed by atoms with Gasteiger partial charge in [-0.15, -0.1) is 11.3 Å². The maximum Gasteiger partial charge on any atom is 0.311 e. The van der Waals surface area contributed by atoms with Crippen molar-refractivity contribution in [2.75, 3.05) is 6.54 Å². The first-order valence-electron chi connectivity index (χ1n) is 6.56. The highest BCUT2D eigenvalue weighted by Gasteiger charge is 2.31. The fraction of sp³-hybridized carbons (Fsp3) is 0.333. The molecule has 4 nitrogen and oxygen atoms in total. The number of thiophene rings is 1. The van der Waals surface area contributed by atoms with E-state index < -0.39 is 11.4 Å². The van der Waals surface area contributed by atoms with Gasteiger partial charge in [-0.05, 0) is 43.0 Å². The lowest BCUT2D eigenvalue weighted by Crippen LogP contribution is -2.40. The van der Waals surface area contributed by atoms with Gasteiger partial charge in [0, 0.05) is 11.2 Å². The van der Waals surface area contributed by atoms with E-state index in [1.54, 1.807) is 26.0 Å². The van der Waals surface area contributed by atoms with Crippen molar-refractivity contribution in [3.63, 3.8) is 0 Å². The fourth-order valence-electron chi connectivity index (χ4n) is 1.84. The summed E-state index contributed by atoms with van der Waals surface area (Å²) in [6, 6.07) is 5.96. The minimum absolute atomic E-state index is 0.0558. The van der Waals surface area contributed by atoms with E-state index >= 15 is 0 Å². The van der Waals surface area contributed by atoms with Crippen LogP contribution in [0.1, 0.15) is 29.9 Å². The van der Waals surface area contributed by atoms with Crippen molar-refractivity contribution in [2.45, 2.75) is 20.3 Å². The molecule has 0 radical (unpaired) electrons. The van der Waals surface area contributed by atoms with Crippen LogP contribution < -0.4 is 5.32 Å². The van der Waals surface area contributed by atoms with E-state index in [9.17, 15) is 19.1 Å². The smallest absolute Gasteiger partial charge is 0.311 e. The predicted octanol–water partition coefficient (Wildman–Crippen LogP) is 3.27. The third-order valence-electron chi connectivity index (χ3n) is 3.64. The van der Waals surface area contributed by atoms with Crippen LogP contribution in [0.3, 0.4) is 0 Å². The zero-order chi connectivity index (χ0) is 15.6. The molecule has 1 aromatic heterocycles. The van der Waals surface area contributed by atoms with Gasteiger partial charge in [-0.1, -0.05) is 6.92 Å². The van der Waals surface area contributed by atoms with Gasteiger partial charge < -0.3 is 10.4 Å². The molecular formula is C15H16FNO3S. The summed E-state index contributed by atoms with van der Waals surface area (Å²) in [7, 11) is 0. The number of carboxylic acids is 1. The molecule has 1 heterocycles. The van der Waals surface area contributed by atoms with E-state index in [1.165, 1.54) is 23.5 Å². The number of amides is 1. The summed E-state index contributed by atoms with van der Waals surface area (Å²) >= 11 is 1.25. The standard InChI is InChI=1S/C15H16FNO3S/c1-3-15(2,14(19)20)8-17-13(18)12-7-9-6-10(16)4-5-11(9)21-12/h4-7H,3,8H2,1-2H3,(H,17,18)(H,19,20). The maximum absolute atomic E-state index is 13.1. The van der Waals surface area contributed by atoms with Crippen LogP contribution in [0, 0.1) is 11.2 Å². The number of fused-ring (bicyclic) bond motifs is 1. The zero-order valence-corrected chi connectivity index (χ0v) is 12.6. The molecule has 21 heavy (non-hydrogen) atoms. The van der Waals surface area contributed by atoms with Gasteiger partial charge in [-0.3, -0.25) is 9.59 Å². The molecule has 0 spiro atoms.